The lowest BCUT2D eigenvalue weighted by Gasteiger charge is -2.18. The van der Waals surface area contributed by atoms with Crippen LogP contribution in [0.4, 0.5) is 0 Å². The molecule has 0 saturated heterocycles. The van der Waals surface area contributed by atoms with Crippen LogP contribution in [0.15, 0.2) is 40.4 Å². The second-order valence-corrected chi connectivity index (χ2v) is 6.88. The van der Waals surface area contributed by atoms with Gasteiger partial charge in [-0.2, -0.15) is 16.4 Å². The summed E-state index contributed by atoms with van der Waals surface area (Å²) in [6.45, 7) is 4.55. The maximum absolute atomic E-state index is 12.2. The largest absolute Gasteiger partial charge is 0.349 e. The third-order valence-electron chi connectivity index (χ3n) is 3.45. The molecule has 0 aromatic carbocycles. The van der Waals surface area contributed by atoms with Crippen molar-refractivity contribution in [2.45, 2.75) is 19.9 Å². The number of carbonyl (C=O) groups excluding carboxylic acids is 1. The molecule has 3 rings (SSSR count). The van der Waals surface area contributed by atoms with Gasteiger partial charge in [0.2, 0.25) is 0 Å². The monoisotopic (exact) mass is 331 g/mol. The first kappa shape index (κ1) is 15.0. The molecule has 3 heterocycles. The Morgan fingerprint density at radius 3 is 2.82 bits per heavy atom. The first-order chi connectivity index (χ1) is 10.6. The molecule has 0 bridgehead atoms. The lowest BCUT2D eigenvalue weighted by molar-refractivity contribution is 0.0949. The highest BCUT2D eigenvalue weighted by Crippen LogP contribution is 2.24. The van der Waals surface area contributed by atoms with E-state index in [1.807, 2.05) is 41.4 Å². The molecule has 0 unspecified atom stereocenters. The molecule has 0 aliphatic carbocycles. The molecule has 0 aliphatic rings. The van der Waals surface area contributed by atoms with Gasteiger partial charge in [-0.1, -0.05) is 6.07 Å². The summed E-state index contributed by atoms with van der Waals surface area (Å²) in [5.74, 6) is -0.0377. The predicted molar refractivity (Wildman–Crippen MR) is 90.8 cm³/mol. The van der Waals surface area contributed by atoms with Crippen molar-refractivity contribution < 1.29 is 4.79 Å². The van der Waals surface area contributed by atoms with E-state index in [2.05, 4.69) is 27.9 Å². The maximum atomic E-state index is 12.2. The number of rotatable bonds is 5. The van der Waals surface area contributed by atoms with E-state index in [4.69, 9.17) is 0 Å². The van der Waals surface area contributed by atoms with Crippen molar-refractivity contribution in [1.82, 2.24) is 15.1 Å². The Kier molecular flexibility index (Phi) is 4.40. The molecular weight excluding hydrogens is 314 g/mol. The van der Waals surface area contributed by atoms with Crippen molar-refractivity contribution >= 4 is 28.6 Å². The van der Waals surface area contributed by atoms with Gasteiger partial charge in [0.05, 0.1) is 5.69 Å². The molecule has 0 radical (unpaired) electrons. The van der Waals surface area contributed by atoms with E-state index in [-0.39, 0.29) is 11.9 Å². The Bertz CT molecular complexity index is 745. The highest BCUT2D eigenvalue weighted by atomic mass is 32.1. The lowest BCUT2D eigenvalue weighted by atomic mass is 10.2. The molecule has 114 valence electrons. The fourth-order valence-corrected chi connectivity index (χ4v) is 3.88. The van der Waals surface area contributed by atoms with Gasteiger partial charge in [-0.3, -0.25) is 9.48 Å². The minimum atomic E-state index is -0.0377. The standard InChI is InChI=1S/C16H17N3OS2/c1-11-8-12(2)19(18-11)14(15-4-3-6-22-15)9-17-16(20)13-5-7-21-10-13/h3-8,10,14H,9H2,1-2H3,(H,17,20)/t14-/m0/s1. The Morgan fingerprint density at radius 2 is 2.23 bits per heavy atom. The summed E-state index contributed by atoms with van der Waals surface area (Å²) in [6.07, 6.45) is 0. The van der Waals surface area contributed by atoms with Crippen LogP contribution in [-0.2, 0) is 0 Å². The van der Waals surface area contributed by atoms with Gasteiger partial charge in [0, 0.05) is 28.1 Å². The lowest BCUT2D eigenvalue weighted by Crippen LogP contribution is -2.31. The highest BCUT2D eigenvalue weighted by Gasteiger charge is 2.19. The first-order valence-electron chi connectivity index (χ1n) is 7.01. The van der Waals surface area contributed by atoms with Gasteiger partial charge in [0.1, 0.15) is 6.04 Å². The van der Waals surface area contributed by atoms with E-state index in [1.165, 1.54) is 16.2 Å². The van der Waals surface area contributed by atoms with Crippen LogP contribution in [0.1, 0.15) is 32.7 Å². The second kappa shape index (κ2) is 6.46. The quantitative estimate of drug-likeness (QED) is 0.776. The number of aryl methyl sites for hydroxylation is 2. The number of thiophene rings is 2. The summed E-state index contributed by atoms with van der Waals surface area (Å²) in [7, 11) is 0. The minimum Gasteiger partial charge on any atom is -0.349 e. The van der Waals surface area contributed by atoms with Crippen molar-refractivity contribution in [1.29, 1.82) is 0 Å². The topological polar surface area (TPSA) is 46.9 Å². The second-order valence-electron chi connectivity index (χ2n) is 5.12. The van der Waals surface area contributed by atoms with Crippen LogP contribution >= 0.6 is 22.7 Å². The van der Waals surface area contributed by atoms with Crippen LogP contribution in [0.3, 0.4) is 0 Å². The minimum absolute atomic E-state index is 0.0243. The Labute approximate surface area is 137 Å². The smallest absolute Gasteiger partial charge is 0.252 e. The molecule has 0 spiro atoms. The zero-order valence-electron chi connectivity index (χ0n) is 12.4. The van der Waals surface area contributed by atoms with E-state index in [9.17, 15) is 4.79 Å². The number of aromatic nitrogens is 2. The van der Waals surface area contributed by atoms with Gasteiger partial charge in [0.15, 0.2) is 0 Å². The molecule has 1 atom stereocenters. The fourth-order valence-electron chi connectivity index (χ4n) is 2.44. The fraction of sp³-hybridized carbons (Fsp3) is 0.250. The van der Waals surface area contributed by atoms with Crippen LogP contribution < -0.4 is 5.32 Å². The molecule has 4 nitrogen and oxygen atoms in total. The highest BCUT2D eigenvalue weighted by molar-refractivity contribution is 7.10. The summed E-state index contributed by atoms with van der Waals surface area (Å²) in [5, 5.41) is 13.4. The van der Waals surface area contributed by atoms with Gasteiger partial charge in [-0.15, -0.1) is 11.3 Å². The normalized spacial score (nSPS) is 12.3. The summed E-state index contributed by atoms with van der Waals surface area (Å²) in [5.41, 5.74) is 2.80. The van der Waals surface area contributed by atoms with Crippen molar-refractivity contribution in [3.63, 3.8) is 0 Å². The van der Waals surface area contributed by atoms with E-state index in [1.54, 1.807) is 11.3 Å². The van der Waals surface area contributed by atoms with Crippen LogP contribution in [0.5, 0.6) is 0 Å². The van der Waals surface area contributed by atoms with Gasteiger partial charge in [-0.25, -0.2) is 0 Å². The third kappa shape index (κ3) is 3.13. The summed E-state index contributed by atoms with van der Waals surface area (Å²) >= 11 is 3.21. The summed E-state index contributed by atoms with van der Waals surface area (Å²) in [6, 6.07) is 8.03. The number of nitrogens with zero attached hydrogens (tertiary/aromatic N) is 2. The Balaban J connectivity index is 1.81. The Morgan fingerprint density at radius 1 is 1.36 bits per heavy atom. The number of amides is 1. The molecule has 0 fully saturated rings. The van der Waals surface area contributed by atoms with Gasteiger partial charge < -0.3 is 5.32 Å². The SMILES string of the molecule is Cc1cc(C)n([C@@H](CNC(=O)c2ccsc2)c2cccs2)n1. The van der Waals surface area contributed by atoms with Crippen molar-refractivity contribution in [3.8, 4) is 0 Å². The van der Waals surface area contributed by atoms with Crippen LogP contribution in [-0.4, -0.2) is 22.2 Å². The van der Waals surface area contributed by atoms with Crippen molar-refractivity contribution in [2.24, 2.45) is 0 Å². The van der Waals surface area contributed by atoms with E-state index in [0.29, 0.717) is 12.1 Å². The summed E-state index contributed by atoms with van der Waals surface area (Å²) in [4.78, 5) is 13.4. The third-order valence-corrected chi connectivity index (χ3v) is 5.11. The molecule has 6 heteroatoms. The number of hydrogen-bond acceptors (Lipinski definition) is 4. The molecule has 0 aliphatic heterocycles. The zero-order chi connectivity index (χ0) is 15.5. The molecular formula is C16H17N3OS2. The molecule has 3 aromatic heterocycles. The first-order valence-corrected chi connectivity index (χ1v) is 8.84. The van der Waals surface area contributed by atoms with Gasteiger partial charge >= 0.3 is 0 Å². The van der Waals surface area contributed by atoms with Gasteiger partial charge in [0.25, 0.3) is 5.91 Å². The van der Waals surface area contributed by atoms with Crippen LogP contribution in [0, 0.1) is 13.8 Å². The van der Waals surface area contributed by atoms with Crippen LogP contribution in [0.2, 0.25) is 0 Å². The molecule has 1 N–H and O–H groups in total. The molecule has 0 saturated carbocycles. The average Bonchev–Trinajstić information content (AvgIpc) is 3.22. The van der Waals surface area contributed by atoms with E-state index >= 15 is 0 Å². The number of nitrogens with one attached hydrogen (secondary N) is 1. The predicted octanol–water partition coefficient (Wildman–Crippen LogP) is 3.64. The maximum Gasteiger partial charge on any atom is 0.252 e. The Hall–Kier alpha value is -1.92. The molecule has 3 aromatic rings. The van der Waals surface area contributed by atoms with E-state index in [0.717, 1.165) is 11.4 Å². The number of hydrogen-bond donors (Lipinski definition) is 1. The summed E-state index contributed by atoms with van der Waals surface area (Å²) < 4.78 is 2.00. The van der Waals surface area contributed by atoms with Crippen LogP contribution in [0.25, 0.3) is 0 Å². The zero-order valence-corrected chi connectivity index (χ0v) is 14.1. The number of carbonyl (C=O) groups is 1. The van der Waals surface area contributed by atoms with Gasteiger partial charge in [-0.05, 0) is 42.8 Å². The average molecular weight is 331 g/mol. The molecule has 22 heavy (non-hydrogen) atoms. The van der Waals surface area contributed by atoms with Crippen molar-refractivity contribution in [3.05, 3.63) is 62.2 Å². The van der Waals surface area contributed by atoms with E-state index < -0.39 is 0 Å². The van der Waals surface area contributed by atoms with Crippen molar-refractivity contribution in [2.75, 3.05) is 6.54 Å². The molecule has 1 amide bonds.